The molecule has 4 rings (SSSR count). The number of aromatic nitrogens is 4. The Morgan fingerprint density at radius 3 is 2.61 bits per heavy atom. The van der Waals surface area contributed by atoms with E-state index in [-0.39, 0.29) is 0 Å². The van der Waals surface area contributed by atoms with Crippen LogP contribution in [-0.2, 0) is 11.8 Å². The molecule has 0 saturated heterocycles. The topological polar surface area (TPSA) is 100 Å². The van der Waals surface area contributed by atoms with E-state index in [1.54, 1.807) is 29.8 Å². The van der Waals surface area contributed by atoms with E-state index in [0.717, 1.165) is 16.7 Å². The first kappa shape index (κ1) is 22.8. The van der Waals surface area contributed by atoms with Gasteiger partial charge in [-0.2, -0.15) is 15.6 Å². The van der Waals surface area contributed by atoms with Crippen molar-refractivity contribution in [2.24, 2.45) is 7.05 Å². The highest BCUT2D eigenvalue weighted by Gasteiger charge is 2.23. The standard InChI is InChI=1S/C24H20N6OS2/c1-30-14-18-10-17(13-27-23(18)29-30)22-19(11-25)21(16-6-4-3-5-7-16)20(12-26)24(28-22)33-15-32-9-8-31-2/h3-7,10,13-14H,8-9,15H2,1-2H3. The Bertz CT molecular complexity index is 1370. The van der Waals surface area contributed by atoms with Gasteiger partial charge in [-0.25, -0.2) is 9.97 Å². The van der Waals surface area contributed by atoms with Gasteiger partial charge in [0.2, 0.25) is 0 Å². The average Bonchev–Trinajstić information content (AvgIpc) is 3.22. The summed E-state index contributed by atoms with van der Waals surface area (Å²) in [6.07, 6.45) is 3.56. The lowest BCUT2D eigenvalue weighted by atomic mass is 9.93. The predicted octanol–water partition coefficient (Wildman–Crippen LogP) is 4.87. The molecule has 0 aliphatic heterocycles. The van der Waals surface area contributed by atoms with Crippen LogP contribution in [-0.4, -0.2) is 44.3 Å². The lowest BCUT2D eigenvalue weighted by Crippen LogP contribution is -2.02. The molecular formula is C24H20N6OS2. The second-order valence-electron chi connectivity index (χ2n) is 7.08. The lowest BCUT2D eigenvalue weighted by Gasteiger charge is -2.15. The van der Waals surface area contributed by atoms with E-state index in [1.165, 1.54) is 11.8 Å². The number of fused-ring (bicyclic) bond motifs is 1. The zero-order chi connectivity index (χ0) is 23.2. The molecule has 0 saturated carbocycles. The average molecular weight is 473 g/mol. The van der Waals surface area contributed by atoms with E-state index in [1.807, 2.05) is 49.6 Å². The summed E-state index contributed by atoms with van der Waals surface area (Å²) in [6.45, 7) is 0.661. The quantitative estimate of drug-likeness (QED) is 0.203. The molecule has 164 valence electrons. The van der Waals surface area contributed by atoms with Crippen LogP contribution in [0.15, 0.2) is 53.8 Å². The summed E-state index contributed by atoms with van der Waals surface area (Å²) in [5, 5.41) is 26.7. The summed E-state index contributed by atoms with van der Waals surface area (Å²) < 4.78 is 6.81. The Labute approximate surface area is 200 Å². The van der Waals surface area contributed by atoms with Crippen molar-refractivity contribution in [1.82, 2.24) is 19.7 Å². The van der Waals surface area contributed by atoms with Crippen molar-refractivity contribution in [3.05, 3.63) is 59.9 Å². The van der Waals surface area contributed by atoms with E-state index in [9.17, 15) is 10.5 Å². The van der Waals surface area contributed by atoms with Crippen LogP contribution in [0.2, 0.25) is 0 Å². The molecule has 7 nitrogen and oxygen atoms in total. The number of benzene rings is 1. The molecule has 0 N–H and O–H groups in total. The first-order chi connectivity index (χ1) is 16.2. The van der Waals surface area contributed by atoms with Crippen molar-refractivity contribution in [2.75, 3.05) is 24.6 Å². The van der Waals surface area contributed by atoms with E-state index < -0.39 is 0 Å². The van der Waals surface area contributed by atoms with Gasteiger partial charge in [-0.15, -0.1) is 11.8 Å². The van der Waals surface area contributed by atoms with Crippen LogP contribution in [0.1, 0.15) is 11.1 Å². The highest BCUT2D eigenvalue weighted by molar-refractivity contribution is 8.16. The van der Waals surface area contributed by atoms with Crippen LogP contribution >= 0.6 is 23.5 Å². The van der Waals surface area contributed by atoms with Crippen LogP contribution in [0, 0.1) is 22.7 Å². The van der Waals surface area contributed by atoms with Gasteiger partial charge in [-0.3, -0.25) is 4.68 Å². The summed E-state index contributed by atoms with van der Waals surface area (Å²) in [5.74, 6) is 0.849. The molecule has 0 spiro atoms. The number of rotatable bonds is 8. The van der Waals surface area contributed by atoms with Gasteiger partial charge in [0.25, 0.3) is 0 Å². The summed E-state index contributed by atoms with van der Waals surface area (Å²) in [5.41, 5.74) is 4.02. The molecule has 3 aromatic heterocycles. The molecule has 0 aliphatic rings. The molecule has 0 unspecified atom stereocenters. The number of aryl methyl sites for hydroxylation is 1. The van der Waals surface area contributed by atoms with E-state index >= 15 is 0 Å². The van der Waals surface area contributed by atoms with Gasteiger partial charge < -0.3 is 4.74 Å². The number of ether oxygens (including phenoxy) is 1. The fourth-order valence-electron chi connectivity index (χ4n) is 3.44. The van der Waals surface area contributed by atoms with Crippen LogP contribution in [0.25, 0.3) is 33.4 Å². The van der Waals surface area contributed by atoms with Crippen LogP contribution in [0.3, 0.4) is 0 Å². The molecule has 3 heterocycles. The van der Waals surface area contributed by atoms with Crippen LogP contribution < -0.4 is 0 Å². The Morgan fingerprint density at radius 1 is 1.09 bits per heavy atom. The fraction of sp³-hybridized carbons (Fsp3) is 0.208. The fourth-order valence-corrected chi connectivity index (χ4v) is 5.43. The second-order valence-corrected chi connectivity index (χ2v) is 9.52. The maximum absolute atomic E-state index is 10.2. The van der Waals surface area contributed by atoms with Gasteiger partial charge in [-0.05, 0) is 11.6 Å². The van der Waals surface area contributed by atoms with Gasteiger partial charge in [0, 0.05) is 53.9 Å². The van der Waals surface area contributed by atoms with Gasteiger partial charge in [0.15, 0.2) is 5.65 Å². The van der Waals surface area contributed by atoms with Gasteiger partial charge in [-0.1, -0.05) is 42.1 Å². The van der Waals surface area contributed by atoms with Crippen molar-refractivity contribution in [1.29, 1.82) is 10.5 Å². The summed E-state index contributed by atoms with van der Waals surface area (Å²) in [4.78, 5) is 9.26. The number of methoxy groups -OCH3 is 1. The SMILES string of the molecule is COCCSCSc1nc(-c2cnc3nn(C)cc3c2)c(C#N)c(-c2ccccc2)c1C#N. The summed E-state index contributed by atoms with van der Waals surface area (Å²) >= 11 is 3.20. The minimum Gasteiger partial charge on any atom is -0.384 e. The monoisotopic (exact) mass is 472 g/mol. The summed E-state index contributed by atoms with van der Waals surface area (Å²) in [7, 11) is 3.51. The smallest absolute Gasteiger partial charge is 0.181 e. The van der Waals surface area contributed by atoms with Crippen molar-refractivity contribution < 1.29 is 4.74 Å². The van der Waals surface area contributed by atoms with Crippen molar-refractivity contribution >= 4 is 34.6 Å². The normalized spacial score (nSPS) is 10.8. The molecule has 0 atom stereocenters. The summed E-state index contributed by atoms with van der Waals surface area (Å²) in [6, 6.07) is 16.1. The first-order valence-electron chi connectivity index (χ1n) is 10.1. The number of hydrogen-bond donors (Lipinski definition) is 0. The van der Waals surface area contributed by atoms with Gasteiger partial charge in [0.1, 0.15) is 17.2 Å². The minimum atomic E-state index is 0.360. The molecule has 9 heteroatoms. The zero-order valence-corrected chi connectivity index (χ0v) is 19.8. The molecule has 0 aliphatic carbocycles. The predicted molar refractivity (Wildman–Crippen MR) is 132 cm³/mol. The Hall–Kier alpha value is -3.37. The maximum atomic E-state index is 10.2. The molecular weight excluding hydrogens is 452 g/mol. The number of thioether (sulfide) groups is 2. The van der Waals surface area contributed by atoms with E-state index in [2.05, 4.69) is 22.2 Å². The second kappa shape index (κ2) is 10.5. The third-order valence-electron chi connectivity index (χ3n) is 4.91. The molecule has 0 fully saturated rings. The van der Waals surface area contributed by atoms with Gasteiger partial charge >= 0.3 is 0 Å². The molecule has 1 aromatic carbocycles. The maximum Gasteiger partial charge on any atom is 0.181 e. The lowest BCUT2D eigenvalue weighted by molar-refractivity contribution is 0.219. The van der Waals surface area contributed by atoms with E-state index in [4.69, 9.17) is 9.72 Å². The largest absolute Gasteiger partial charge is 0.384 e. The zero-order valence-electron chi connectivity index (χ0n) is 18.1. The first-order valence-corrected chi connectivity index (χ1v) is 12.2. The Morgan fingerprint density at radius 2 is 1.88 bits per heavy atom. The molecule has 0 amide bonds. The van der Waals surface area contributed by atoms with Crippen LogP contribution in [0.4, 0.5) is 0 Å². The van der Waals surface area contributed by atoms with Crippen molar-refractivity contribution in [2.45, 2.75) is 5.03 Å². The number of nitriles is 2. The Kier molecular flexibility index (Phi) is 7.26. The van der Waals surface area contributed by atoms with E-state index in [0.29, 0.717) is 50.3 Å². The number of hydrogen-bond acceptors (Lipinski definition) is 8. The number of pyridine rings is 2. The molecule has 0 bridgehead atoms. The highest BCUT2D eigenvalue weighted by Crippen LogP contribution is 2.39. The molecule has 33 heavy (non-hydrogen) atoms. The number of nitrogens with zero attached hydrogens (tertiary/aromatic N) is 6. The van der Waals surface area contributed by atoms with Gasteiger partial charge in [0.05, 0.1) is 23.4 Å². The van der Waals surface area contributed by atoms with Crippen LogP contribution in [0.5, 0.6) is 0 Å². The third kappa shape index (κ3) is 4.86. The van der Waals surface area contributed by atoms with Crippen molar-refractivity contribution in [3.63, 3.8) is 0 Å². The van der Waals surface area contributed by atoms with Crippen molar-refractivity contribution in [3.8, 4) is 34.5 Å². The highest BCUT2D eigenvalue weighted by atomic mass is 32.2. The third-order valence-corrected chi connectivity index (χ3v) is 7.07. The molecule has 0 radical (unpaired) electrons. The molecule has 4 aromatic rings. The Balaban J connectivity index is 1.90. The minimum absolute atomic E-state index is 0.360.